The molecule has 1 aromatic rings. The Bertz CT molecular complexity index is 370. The Morgan fingerprint density at radius 1 is 1.37 bits per heavy atom. The van der Waals surface area contributed by atoms with E-state index >= 15 is 0 Å². The second-order valence-electron chi connectivity index (χ2n) is 5.25. The summed E-state index contributed by atoms with van der Waals surface area (Å²) in [6, 6.07) is 4.19. The van der Waals surface area contributed by atoms with Crippen molar-refractivity contribution in [3.8, 4) is 0 Å². The lowest BCUT2D eigenvalue weighted by Crippen LogP contribution is -2.45. The van der Waals surface area contributed by atoms with Gasteiger partial charge in [-0.3, -0.25) is 9.69 Å². The summed E-state index contributed by atoms with van der Waals surface area (Å²) >= 11 is 1.75. The standard InChI is InChI=1S/C15H24N2OS/c1-13(17-10-4-2-3-5-11-17)15(18)16-9-8-14-7-6-12-19-14/h6-7,12-13H,2-5,8-11H2,1H3,(H,16,18). The molecule has 0 radical (unpaired) electrons. The fourth-order valence-corrected chi connectivity index (χ4v) is 3.27. The maximum absolute atomic E-state index is 12.1. The fraction of sp³-hybridized carbons (Fsp3) is 0.667. The summed E-state index contributed by atoms with van der Waals surface area (Å²) in [4.78, 5) is 15.8. The zero-order chi connectivity index (χ0) is 13.5. The molecule has 4 heteroatoms. The molecule has 1 aliphatic rings. The van der Waals surface area contributed by atoms with E-state index in [9.17, 15) is 4.79 Å². The summed E-state index contributed by atoms with van der Waals surface area (Å²) in [6.45, 7) is 4.92. The molecule has 0 spiro atoms. The van der Waals surface area contributed by atoms with Crippen LogP contribution in [0.4, 0.5) is 0 Å². The van der Waals surface area contributed by atoms with Gasteiger partial charge in [0, 0.05) is 11.4 Å². The lowest BCUT2D eigenvalue weighted by molar-refractivity contribution is -0.125. The molecule has 0 bridgehead atoms. The minimum atomic E-state index is 0.0152. The minimum absolute atomic E-state index is 0.0152. The Morgan fingerprint density at radius 2 is 2.11 bits per heavy atom. The van der Waals surface area contributed by atoms with Gasteiger partial charge in [0.2, 0.25) is 5.91 Å². The van der Waals surface area contributed by atoms with E-state index in [2.05, 4.69) is 27.7 Å². The van der Waals surface area contributed by atoms with Gasteiger partial charge < -0.3 is 5.32 Å². The molecule has 19 heavy (non-hydrogen) atoms. The number of carbonyl (C=O) groups is 1. The average molecular weight is 280 g/mol. The van der Waals surface area contributed by atoms with Crippen LogP contribution in [0.25, 0.3) is 0 Å². The van der Waals surface area contributed by atoms with Gasteiger partial charge in [-0.15, -0.1) is 11.3 Å². The second kappa shape index (κ2) is 7.65. The monoisotopic (exact) mass is 280 g/mol. The summed E-state index contributed by atoms with van der Waals surface area (Å²) in [7, 11) is 0. The Hall–Kier alpha value is -0.870. The number of nitrogens with one attached hydrogen (secondary N) is 1. The van der Waals surface area contributed by atoms with Crippen LogP contribution in [0.15, 0.2) is 17.5 Å². The summed E-state index contributed by atoms with van der Waals surface area (Å²) in [5.41, 5.74) is 0. The molecule has 0 aromatic carbocycles. The molecule has 0 aliphatic carbocycles. The Kier molecular flexibility index (Phi) is 5.86. The Labute approximate surface area is 120 Å². The third-order valence-electron chi connectivity index (χ3n) is 3.82. The predicted octanol–water partition coefficient (Wildman–Crippen LogP) is 2.67. The van der Waals surface area contributed by atoms with Crippen LogP contribution in [-0.2, 0) is 11.2 Å². The molecule has 1 unspecified atom stereocenters. The topological polar surface area (TPSA) is 32.3 Å². The molecule has 1 aromatic heterocycles. The molecular weight excluding hydrogens is 256 g/mol. The van der Waals surface area contributed by atoms with Crippen molar-refractivity contribution in [2.24, 2.45) is 0 Å². The zero-order valence-electron chi connectivity index (χ0n) is 11.7. The molecule has 0 saturated carbocycles. The van der Waals surface area contributed by atoms with Crippen LogP contribution in [0.3, 0.4) is 0 Å². The number of hydrogen-bond donors (Lipinski definition) is 1. The maximum atomic E-state index is 12.1. The zero-order valence-corrected chi connectivity index (χ0v) is 12.5. The molecule has 1 atom stereocenters. The van der Waals surface area contributed by atoms with Crippen molar-refractivity contribution in [1.29, 1.82) is 0 Å². The highest BCUT2D eigenvalue weighted by molar-refractivity contribution is 7.09. The van der Waals surface area contributed by atoms with Gasteiger partial charge in [0.15, 0.2) is 0 Å². The van der Waals surface area contributed by atoms with Crippen molar-refractivity contribution in [1.82, 2.24) is 10.2 Å². The Morgan fingerprint density at radius 3 is 2.74 bits per heavy atom. The number of nitrogens with zero attached hydrogens (tertiary/aromatic N) is 1. The van der Waals surface area contributed by atoms with Crippen molar-refractivity contribution in [2.75, 3.05) is 19.6 Å². The van der Waals surface area contributed by atoms with Gasteiger partial charge in [-0.2, -0.15) is 0 Å². The smallest absolute Gasteiger partial charge is 0.237 e. The SMILES string of the molecule is CC(C(=O)NCCc1cccs1)N1CCCCCC1. The van der Waals surface area contributed by atoms with Gasteiger partial charge in [0.1, 0.15) is 0 Å². The van der Waals surface area contributed by atoms with Gasteiger partial charge >= 0.3 is 0 Å². The van der Waals surface area contributed by atoms with Crippen LogP contribution in [0.1, 0.15) is 37.5 Å². The first-order chi connectivity index (χ1) is 9.27. The summed E-state index contributed by atoms with van der Waals surface area (Å²) in [5, 5.41) is 5.14. The number of amides is 1. The van der Waals surface area contributed by atoms with Crippen molar-refractivity contribution >= 4 is 17.2 Å². The first-order valence-corrected chi connectivity index (χ1v) is 8.19. The van der Waals surface area contributed by atoms with Gasteiger partial charge in [-0.1, -0.05) is 18.9 Å². The van der Waals surface area contributed by atoms with Gasteiger partial charge in [0.25, 0.3) is 0 Å². The van der Waals surface area contributed by atoms with E-state index in [-0.39, 0.29) is 11.9 Å². The molecule has 3 nitrogen and oxygen atoms in total. The lowest BCUT2D eigenvalue weighted by atomic mass is 10.2. The first-order valence-electron chi connectivity index (χ1n) is 7.31. The maximum Gasteiger partial charge on any atom is 0.237 e. The third kappa shape index (κ3) is 4.62. The normalized spacial score (nSPS) is 18.8. The summed E-state index contributed by atoms with van der Waals surface area (Å²) in [6.07, 6.45) is 6.02. The molecule has 1 amide bonds. The van der Waals surface area contributed by atoms with Crippen molar-refractivity contribution in [3.05, 3.63) is 22.4 Å². The molecule has 2 heterocycles. The minimum Gasteiger partial charge on any atom is -0.354 e. The molecule has 2 rings (SSSR count). The van der Waals surface area contributed by atoms with Crippen LogP contribution in [0.5, 0.6) is 0 Å². The number of hydrogen-bond acceptors (Lipinski definition) is 3. The molecule has 1 saturated heterocycles. The molecule has 1 aliphatic heterocycles. The van der Waals surface area contributed by atoms with Crippen molar-refractivity contribution in [2.45, 2.75) is 45.1 Å². The van der Waals surface area contributed by atoms with Crippen molar-refractivity contribution < 1.29 is 4.79 Å². The van der Waals surface area contributed by atoms with E-state index in [1.54, 1.807) is 11.3 Å². The number of carbonyl (C=O) groups excluding carboxylic acids is 1. The number of likely N-dealkylation sites (tertiary alicyclic amines) is 1. The molecular formula is C15H24N2OS. The largest absolute Gasteiger partial charge is 0.354 e. The molecule has 1 N–H and O–H groups in total. The van der Waals surface area contributed by atoms with E-state index in [0.29, 0.717) is 0 Å². The highest BCUT2D eigenvalue weighted by atomic mass is 32.1. The lowest BCUT2D eigenvalue weighted by Gasteiger charge is -2.26. The highest BCUT2D eigenvalue weighted by Gasteiger charge is 2.21. The molecule has 106 valence electrons. The van der Waals surface area contributed by atoms with E-state index in [0.717, 1.165) is 26.1 Å². The summed E-state index contributed by atoms with van der Waals surface area (Å²) in [5.74, 6) is 0.179. The Balaban J connectivity index is 1.72. The van der Waals surface area contributed by atoms with E-state index in [4.69, 9.17) is 0 Å². The van der Waals surface area contributed by atoms with Crippen LogP contribution in [-0.4, -0.2) is 36.5 Å². The van der Waals surface area contributed by atoms with Crippen LogP contribution >= 0.6 is 11.3 Å². The second-order valence-corrected chi connectivity index (χ2v) is 6.28. The third-order valence-corrected chi connectivity index (χ3v) is 4.75. The summed E-state index contributed by atoms with van der Waals surface area (Å²) < 4.78 is 0. The van der Waals surface area contributed by atoms with E-state index in [1.807, 2.05) is 6.92 Å². The van der Waals surface area contributed by atoms with E-state index < -0.39 is 0 Å². The van der Waals surface area contributed by atoms with Crippen LogP contribution < -0.4 is 5.32 Å². The van der Waals surface area contributed by atoms with Crippen LogP contribution in [0.2, 0.25) is 0 Å². The predicted molar refractivity (Wildman–Crippen MR) is 80.5 cm³/mol. The van der Waals surface area contributed by atoms with Crippen LogP contribution in [0, 0.1) is 0 Å². The molecule has 1 fully saturated rings. The first kappa shape index (κ1) is 14.5. The quantitative estimate of drug-likeness (QED) is 0.899. The van der Waals surface area contributed by atoms with Crippen molar-refractivity contribution in [3.63, 3.8) is 0 Å². The van der Waals surface area contributed by atoms with E-state index in [1.165, 1.54) is 30.6 Å². The number of rotatable bonds is 5. The van der Waals surface area contributed by atoms with Gasteiger partial charge in [-0.05, 0) is 50.7 Å². The fourth-order valence-electron chi connectivity index (χ4n) is 2.56. The van der Waals surface area contributed by atoms with Gasteiger partial charge in [-0.25, -0.2) is 0 Å². The average Bonchev–Trinajstić information content (AvgIpc) is 2.78. The number of thiophene rings is 1. The van der Waals surface area contributed by atoms with Gasteiger partial charge in [0.05, 0.1) is 6.04 Å². The highest BCUT2D eigenvalue weighted by Crippen LogP contribution is 2.12.